The fraction of sp³-hybridized carbons (Fsp3) is 0.529. The first kappa shape index (κ1) is 15.1. The molecule has 1 amide bonds. The summed E-state index contributed by atoms with van der Waals surface area (Å²) in [5.74, 6) is 2.02. The molecule has 2 aromatic rings. The average molecular weight is 326 g/mol. The van der Waals surface area contributed by atoms with E-state index in [2.05, 4.69) is 15.0 Å². The summed E-state index contributed by atoms with van der Waals surface area (Å²) in [7, 11) is 0. The second-order valence-electron chi connectivity index (χ2n) is 6.93. The highest BCUT2D eigenvalue weighted by Gasteiger charge is 2.37. The van der Waals surface area contributed by atoms with Gasteiger partial charge in [0.05, 0.1) is 18.3 Å². The van der Waals surface area contributed by atoms with Crippen LogP contribution in [0.3, 0.4) is 0 Å². The van der Waals surface area contributed by atoms with Gasteiger partial charge in [0.2, 0.25) is 5.95 Å². The number of aromatic nitrogens is 4. The van der Waals surface area contributed by atoms with Crippen molar-refractivity contribution in [2.75, 3.05) is 18.0 Å². The van der Waals surface area contributed by atoms with Gasteiger partial charge in [-0.05, 0) is 31.6 Å². The number of nitrogens with zero attached hydrogens (tertiary/aromatic N) is 5. The summed E-state index contributed by atoms with van der Waals surface area (Å²) in [6.07, 6.45) is 9.07. The maximum atomic E-state index is 11.1. The Morgan fingerprint density at radius 3 is 2.67 bits per heavy atom. The predicted molar refractivity (Wildman–Crippen MR) is 89.7 cm³/mol. The molecule has 2 fully saturated rings. The summed E-state index contributed by atoms with van der Waals surface area (Å²) in [5.41, 5.74) is 7.62. The van der Waals surface area contributed by atoms with E-state index < -0.39 is 5.91 Å². The van der Waals surface area contributed by atoms with Crippen LogP contribution in [-0.4, -0.2) is 38.7 Å². The zero-order valence-corrected chi connectivity index (χ0v) is 13.9. The molecule has 3 heterocycles. The largest absolute Gasteiger partial charge is 0.366 e. The molecule has 2 N–H and O–H groups in total. The lowest BCUT2D eigenvalue weighted by Crippen LogP contribution is -2.23. The number of carbonyl (C=O) groups excluding carboxylic acids is 1. The second-order valence-corrected chi connectivity index (χ2v) is 6.93. The highest BCUT2D eigenvalue weighted by atomic mass is 16.1. The number of hydrogen-bond donors (Lipinski definition) is 1. The van der Waals surface area contributed by atoms with Gasteiger partial charge in [0.15, 0.2) is 0 Å². The third kappa shape index (κ3) is 2.74. The highest BCUT2D eigenvalue weighted by Crippen LogP contribution is 2.38. The fourth-order valence-corrected chi connectivity index (χ4v) is 3.94. The van der Waals surface area contributed by atoms with Crippen molar-refractivity contribution in [1.29, 1.82) is 0 Å². The van der Waals surface area contributed by atoms with Crippen LogP contribution in [0.25, 0.3) is 0 Å². The third-order valence-electron chi connectivity index (χ3n) is 5.33. The maximum Gasteiger partial charge on any atom is 0.251 e. The molecular formula is C17H22N6O. The summed E-state index contributed by atoms with van der Waals surface area (Å²) in [6, 6.07) is 0. The van der Waals surface area contributed by atoms with Crippen LogP contribution in [0.5, 0.6) is 0 Å². The number of anilines is 1. The molecule has 2 aliphatic rings. The first-order valence-corrected chi connectivity index (χ1v) is 8.50. The molecule has 24 heavy (non-hydrogen) atoms. The van der Waals surface area contributed by atoms with Gasteiger partial charge in [-0.1, -0.05) is 6.42 Å². The molecule has 126 valence electrons. The van der Waals surface area contributed by atoms with E-state index in [-0.39, 0.29) is 0 Å². The molecule has 1 saturated carbocycles. The molecule has 1 aliphatic heterocycles. The predicted octanol–water partition coefficient (Wildman–Crippen LogP) is 1.37. The Balaban J connectivity index is 1.48. The van der Waals surface area contributed by atoms with Crippen LogP contribution >= 0.6 is 0 Å². The van der Waals surface area contributed by atoms with Crippen LogP contribution in [0.4, 0.5) is 5.95 Å². The molecule has 0 radical (unpaired) electrons. The topological polar surface area (TPSA) is 89.9 Å². The van der Waals surface area contributed by atoms with Crippen LogP contribution in [0.1, 0.15) is 40.9 Å². The SMILES string of the molecule is Cc1nc(N2CC3CCCC3C2)ncc1Cn1cc(C(N)=O)cn1. The molecule has 7 heteroatoms. The highest BCUT2D eigenvalue weighted by molar-refractivity contribution is 5.92. The molecule has 0 spiro atoms. The zero-order valence-electron chi connectivity index (χ0n) is 13.9. The van der Waals surface area contributed by atoms with Gasteiger partial charge in [0.1, 0.15) is 0 Å². The molecule has 2 unspecified atom stereocenters. The van der Waals surface area contributed by atoms with Crippen LogP contribution < -0.4 is 10.6 Å². The van der Waals surface area contributed by atoms with Crippen LogP contribution in [0, 0.1) is 18.8 Å². The number of nitrogens with two attached hydrogens (primary N) is 1. The maximum absolute atomic E-state index is 11.1. The van der Waals surface area contributed by atoms with Gasteiger partial charge < -0.3 is 10.6 Å². The lowest BCUT2D eigenvalue weighted by Gasteiger charge is -2.18. The van der Waals surface area contributed by atoms with Crippen molar-refractivity contribution in [3.63, 3.8) is 0 Å². The molecule has 2 atom stereocenters. The van der Waals surface area contributed by atoms with Crippen molar-refractivity contribution in [2.45, 2.75) is 32.7 Å². The zero-order chi connectivity index (χ0) is 16.7. The number of primary amides is 1. The number of rotatable bonds is 4. The summed E-state index contributed by atoms with van der Waals surface area (Å²) in [6.45, 7) is 4.70. The first-order valence-electron chi connectivity index (χ1n) is 8.50. The van der Waals surface area contributed by atoms with E-state index in [1.165, 1.54) is 25.5 Å². The fourth-order valence-electron chi connectivity index (χ4n) is 3.94. The van der Waals surface area contributed by atoms with E-state index in [0.29, 0.717) is 12.1 Å². The Kier molecular flexibility index (Phi) is 3.70. The van der Waals surface area contributed by atoms with E-state index in [1.807, 2.05) is 13.1 Å². The van der Waals surface area contributed by atoms with Gasteiger partial charge in [-0.2, -0.15) is 5.10 Å². The molecule has 1 saturated heterocycles. The van der Waals surface area contributed by atoms with Gasteiger partial charge in [-0.3, -0.25) is 9.48 Å². The standard InChI is InChI=1S/C17H22N6O/c1-11-14(9-23-10-15(6-20-23)16(18)24)5-19-17(21-11)22-7-12-3-2-4-13(12)8-22/h5-6,10,12-13H,2-4,7-9H2,1H3,(H2,18,24). The Labute approximate surface area is 140 Å². The molecule has 0 aromatic carbocycles. The Hall–Kier alpha value is -2.44. The Bertz CT molecular complexity index is 758. The summed E-state index contributed by atoms with van der Waals surface area (Å²) in [4.78, 5) is 22.7. The minimum atomic E-state index is -0.468. The Morgan fingerprint density at radius 2 is 2.04 bits per heavy atom. The normalized spacial score (nSPS) is 22.8. The number of aryl methyl sites for hydroxylation is 1. The lowest BCUT2D eigenvalue weighted by molar-refractivity contribution is 0.1000. The van der Waals surface area contributed by atoms with E-state index in [1.54, 1.807) is 10.9 Å². The van der Waals surface area contributed by atoms with E-state index in [0.717, 1.165) is 42.1 Å². The van der Waals surface area contributed by atoms with Gasteiger partial charge >= 0.3 is 0 Å². The number of amides is 1. The summed E-state index contributed by atoms with van der Waals surface area (Å²) in [5, 5.41) is 4.16. The number of hydrogen-bond acceptors (Lipinski definition) is 5. The van der Waals surface area contributed by atoms with Crippen molar-refractivity contribution < 1.29 is 4.79 Å². The van der Waals surface area contributed by atoms with Crippen molar-refractivity contribution in [2.24, 2.45) is 17.6 Å². The molecule has 4 rings (SSSR count). The first-order chi connectivity index (χ1) is 11.6. The minimum Gasteiger partial charge on any atom is -0.366 e. The lowest BCUT2D eigenvalue weighted by atomic mass is 10.0. The third-order valence-corrected chi connectivity index (χ3v) is 5.33. The smallest absolute Gasteiger partial charge is 0.251 e. The molecule has 0 bridgehead atoms. The van der Waals surface area contributed by atoms with Gasteiger partial charge in [-0.25, -0.2) is 9.97 Å². The van der Waals surface area contributed by atoms with Crippen molar-refractivity contribution in [1.82, 2.24) is 19.7 Å². The van der Waals surface area contributed by atoms with Gasteiger partial charge in [0.25, 0.3) is 5.91 Å². The number of carbonyl (C=O) groups is 1. The average Bonchev–Trinajstić information content (AvgIpc) is 3.24. The quantitative estimate of drug-likeness (QED) is 0.916. The van der Waals surface area contributed by atoms with Crippen LogP contribution in [0.15, 0.2) is 18.6 Å². The second kappa shape index (κ2) is 5.89. The molecule has 7 nitrogen and oxygen atoms in total. The van der Waals surface area contributed by atoms with Crippen molar-refractivity contribution in [3.8, 4) is 0 Å². The van der Waals surface area contributed by atoms with E-state index in [4.69, 9.17) is 10.7 Å². The van der Waals surface area contributed by atoms with Crippen molar-refractivity contribution in [3.05, 3.63) is 35.4 Å². The van der Waals surface area contributed by atoms with E-state index >= 15 is 0 Å². The molecular weight excluding hydrogens is 304 g/mol. The number of fused-ring (bicyclic) bond motifs is 1. The van der Waals surface area contributed by atoms with Crippen molar-refractivity contribution >= 4 is 11.9 Å². The van der Waals surface area contributed by atoms with Crippen LogP contribution in [0.2, 0.25) is 0 Å². The Morgan fingerprint density at radius 1 is 1.29 bits per heavy atom. The molecule has 1 aliphatic carbocycles. The molecule has 2 aromatic heterocycles. The summed E-state index contributed by atoms with van der Waals surface area (Å²) >= 11 is 0. The van der Waals surface area contributed by atoms with Gasteiger partial charge in [0, 0.05) is 36.7 Å². The van der Waals surface area contributed by atoms with Crippen LogP contribution in [-0.2, 0) is 6.54 Å². The monoisotopic (exact) mass is 326 g/mol. The van der Waals surface area contributed by atoms with Gasteiger partial charge in [-0.15, -0.1) is 0 Å². The van der Waals surface area contributed by atoms with E-state index in [9.17, 15) is 4.79 Å². The minimum absolute atomic E-state index is 0.411. The summed E-state index contributed by atoms with van der Waals surface area (Å²) < 4.78 is 1.69.